The topological polar surface area (TPSA) is 50.1 Å². The normalized spacial score (nSPS) is 9.85. The second-order valence-electron chi connectivity index (χ2n) is 4.67. The maximum atomic E-state index is 5.90. The van der Waals surface area contributed by atoms with Crippen molar-refractivity contribution < 1.29 is 0 Å². The van der Waals surface area contributed by atoms with Crippen molar-refractivity contribution in [3.8, 4) is 0 Å². The minimum Gasteiger partial charge on any atom is -0.397 e. The zero-order chi connectivity index (χ0) is 14.5. The highest BCUT2D eigenvalue weighted by molar-refractivity contribution is 5.81. The summed E-state index contributed by atoms with van der Waals surface area (Å²) in [6.07, 6.45) is 0. The van der Waals surface area contributed by atoms with Crippen LogP contribution in [0.1, 0.15) is 12.5 Å². The van der Waals surface area contributed by atoms with Crippen LogP contribution in [0.2, 0.25) is 0 Å². The van der Waals surface area contributed by atoms with E-state index < -0.39 is 0 Å². The van der Waals surface area contributed by atoms with E-state index >= 15 is 0 Å². The summed E-state index contributed by atoms with van der Waals surface area (Å²) in [6.45, 7) is 9.79. The molecule has 0 amide bonds. The summed E-state index contributed by atoms with van der Waals surface area (Å²) in [5.41, 5.74) is 11.2. The number of nitrogen functional groups attached to an aromatic ring is 1. The summed E-state index contributed by atoms with van der Waals surface area (Å²) in [7, 11) is 0. The van der Waals surface area contributed by atoms with E-state index in [-0.39, 0.29) is 0 Å². The maximum absolute atomic E-state index is 5.90. The second-order valence-corrected chi connectivity index (χ2v) is 4.67. The Morgan fingerprint density at radius 3 is 2.20 bits per heavy atom. The molecule has 2 aromatic rings. The number of anilines is 3. The molecule has 0 atom stereocenters. The van der Waals surface area contributed by atoms with Crippen LogP contribution in [0.5, 0.6) is 0 Å². The molecule has 20 heavy (non-hydrogen) atoms. The van der Waals surface area contributed by atoms with Gasteiger partial charge >= 0.3 is 0 Å². The number of nitrogens with one attached hydrogen (secondary N) is 2. The third-order valence-electron chi connectivity index (χ3n) is 2.84. The summed E-state index contributed by atoms with van der Waals surface area (Å²) in [5.74, 6) is 0. The molecule has 3 heteroatoms. The van der Waals surface area contributed by atoms with Gasteiger partial charge in [0.15, 0.2) is 0 Å². The molecular formula is C17H19N3. The smallest absolute Gasteiger partial charge is 0.0617 e. The van der Waals surface area contributed by atoms with Gasteiger partial charge in [0, 0.05) is 17.1 Å². The van der Waals surface area contributed by atoms with Crippen LogP contribution in [0.25, 0.3) is 5.70 Å². The number of rotatable bonds is 5. The molecule has 0 radical (unpaired) electrons. The van der Waals surface area contributed by atoms with Gasteiger partial charge in [-0.15, -0.1) is 0 Å². The molecule has 0 fully saturated rings. The van der Waals surface area contributed by atoms with Crippen LogP contribution in [0.3, 0.4) is 0 Å². The van der Waals surface area contributed by atoms with Crippen molar-refractivity contribution in [2.75, 3.05) is 16.4 Å². The molecule has 0 saturated heterocycles. The van der Waals surface area contributed by atoms with Crippen LogP contribution in [-0.4, -0.2) is 0 Å². The third kappa shape index (κ3) is 3.42. The van der Waals surface area contributed by atoms with Gasteiger partial charge in [-0.3, -0.25) is 0 Å². The first-order chi connectivity index (χ1) is 9.56. The van der Waals surface area contributed by atoms with Crippen LogP contribution in [0.15, 0.2) is 67.4 Å². The zero-order valence-electron chi connectivity index (χ0n) is 11.6. The van der Waals surface area contributed by atoms with E-state index in [4.69, 9.17) is 5.73 Å². The molecule has 2 aromatic carbocycles. The van der Waals surface area contributed by atoms with E-state index in [1.807, 2.05) is 55.5 Å². The second kappa shape index (κ2) is 5.97. The molecular weight excluding hydrogens is 246 g/mol. The SMILES string of the molecule is C=C(C)Nc1ccc(C(=C)Nc2ccccc2N)cc1. The molecule has 2 rings (SSSR count). The molecule has 0 heterocycles. The van der Waals surface area contributed by atoms with Gasteiger partial charge in [-0.1, -0.05) is 37.4 Å². The van der Waals surface area contributed by atoms with E-state index in [0.717, 1.165) is 28.3 Å². The molecule has 0 aliphatic heterocycles. The Morgan fingerprint density at radius 2 is 1.60 bits per heavy atom. The number of hydrogen-bond donors (Lipinski definition) is 3. The van der Waals surface area contributed by atoms with Gasteiger partial charge in [0.2, 0.25) is 0 Å². The molecule has 102 valence electrons. The quantitative estimate of drug-likeness (QED) is 0.706. The van der Waals surface area contributed by atoms with Crippen molar-refractivity contribution in [2.24, 2.45) is 0 Å². The van der Waals surface area contributed by atoms with E-state index in [2.05, 4.69) is 23.8 Å². The lowest BCUT2D eigenvalue weighted by molar-refractivity contribution is 1.39. The van der Waals surface area contributed by atoms with E-state index in [1.165, 1.54) is 0 Å². The first kappa shape index (κ1) is 13.7. The highest BCUT2D eigenvalue weighted by atomic mass is 14.9. The number of nitrogens with two attached hydrogens (primary N) is 1. The molecule has 0 saturated carbocycles. The Hall–Kier alpha value is -2.68. The Balaban J connectivity index is 2.10. The number of para-hydroxylation sites is 2. The van der Waals surface area contributed by atoms with Crippen molar-refractivity contribution in [3.05, 3.63) is 72.9 Å². The van der Waals surface area contributed by atoms with Gasteiger partial charge in [0.25, 0.3) is 0 Å². The maximum Gasteiger partial charge on any atom is 0.0617 e. The van der Waals surface area contributed by atoms with Crippen molar-refractivity contribution in [3.63, 3.8) is 0 Å². The number of allylic oxidation sites excluding steroid dienone is 1. The van der Waals surface area contributed by atoms with Crippen molar-refractivity contribution in [1.29, 1.82) is 0 Å². The van der Waals surface area contributed by atoms with E-state index in [1.54, 1.807) is 0 Å². The van der Waals surface area contributed by atoms with E-state index in [0.29, 0.717) is 5.69 Å². The fourth-order valence-corrected chi connectivity index (χ4v) is 1.85. The largest absolute Gasteiger partial charge is 0.397 e. The lowest BCUT2D eigenvalue weighted by Gasteiger charge is -2.12. The molecule has 3 nitrogen and oxygen atoms in total. The zero-order valence-corrected chi connectivity index (χ0v) is 11.6. The van der Waals surface area contributed by atoms with Crippen LogP contribution in [0, 0.1) is 0 Å². The first-order valence-electron chi connectivity index (χ1n) is 6.39. The summed E-state index contributed by atoms with van der Waals surface area (Å²) in [5, 5.41) is 6.39. The molecule has 0 aliphatic rings. The van der Waals surface area contributed by atoms with Gasteiger partial charge in [-0.25, -0.2) is 0 Å². The number of benzene rings is 2. The molecule has 0 unspecified atom stereocenters. The van der Waals surface area contributed by atoms with Crippen molar-refractivity contribution in [2.45, 2.75) is 6.92 Å². The molecule has 0 bridgehead atoms. The summed E-state index contributed by atoms with van der Waals surface area (Å²) < 4.78 is 0. The van der Waals surface area contributed by atoms with Crippen molar-refractivity contribution in [1.82, 2.24) is 0 Å². The summed E-state index contributed by atoms with van der Waals surface area (Å²) >= 11 is 0. The first-order valence-corrected chi connectivity index (χ1v) is 6.39. The third-order valence-corrected chi connectivity index (χ3v) is 2.84. The summed E-state index contributed by atoms with van der Waals surface area (Å²) in [6, 6.07) is 15.6. The van der Waals surface area contributed by atoms with Gasteiger partial charge in [-0.2, -0.15) is 0 Å². The van der Waals surface area contributed by atoms with Crippen LogP contribution >= 0.6 is 0 Å². The molecule has 0 aliphatic carbocycles. The average molecular weight is 265 g/mol. The van der Waals surface area contributed by atoms with Crippen LogP contribution < -0.4 is 16.4 Å². The highest BCUT2D eigenvalue weighted by Gasteiger charge is 2.02. The fourth-order valence-electron chi connectivity index (χ4n) is 1.85. The molecule has 4 N–H and O–H groups in total. The lowest BCUT2D eigenvalue weighted by atomic mass is 10.1. The van der Waals surface area contributed by atoms with Crippen molar-refractivity contribution >= 4 is 22.8 Å². The molecule has 0 spiro atoms. The monoisotopic (exact) mass is 265 g/mol. The average Bonchev–Trinajstić information content (AvgIpc) is 2.41. The Morgan fingerprint density at radius 1 is 0.950 bits per heavy atom. The Bertz CT molecular complexity index is 627. The summed E-state index contributed by atoms with van der Waals surface area (Å²) in [4.78, 5) is 0. The number of hydrogen-bond acceptors (Lipinski definition) is 3. The van der Waals surface area contributed by atoms with Gasteiger partial charge in [-0.05, 0) is 36.8 Å². The predicted octanol–water partition coefficient (Wildman–Crippen LogP) is 4.30. The Labute approximate surface area is 119 Å². The Kier molecular flexibility index (Phi) is 4.11. The van der Waals surface area contributed by atoms with Gasteiger partial charge < -0.3 is 16.4 Å². The minimum atomic E-state index is 0.703. The van der Waals surface area contributed by atoms with Crippen LogP contribution in [0.4, 0.5) is 17.1 Å². The van der Waals surface area contributed by atoms with Gasteiger partial charge in [0.05, 0.1) is 11.4 Å². The lowest BCUT2D eigenvalue weighted by Crippen LogP contribution is -2.01. The van der Waals surface area contributed by atoms with Crippen LogP contribution in [-0.2, 0) is 0 Å². The minimum absolute atomic E-state index is 0.703. The molecule has 0 aromatic heterocycles. The standard InChI is InChI=1S/C17H19N3/c1-12(2)19-15-10-8-14(9-11-15)13(3)20-17-7-5-4-6-16(17)18/h4-11,19-20H,1,3,18H2,2H3. The predicted molar refractivity (Wildman–Crippen MR) is 88.4 cm³/mol. The van der Waals surface area contributed by atoms with Gasteiger partial charge in [0.1, 0.15) is 0 Å². The highest BCUT2D eigenvalue weighted by Crippen LogP contribution is 2.23. The fraction of sp³-hybridized carbons (Fsp3) is 0.0588. The van der Waals surface area contributed by atoms with E-state index in [9.17, 15) is 0 Å².